The highest BCUT2D eigenvalue weighted by Gasteiger charge is 2.31. The van der Waals surface area contributed by atoms with Crippen molar-refractivity contribution in [3.63, 3.8) is 0 Å². The van der Waals surface area contributed by atoms with Crippen molar-refractivity contribution in [3.8, 4) is 23.3 Å². The van der Waals surface area contributed by atoms with Crippen molar-refractivity contribution in [3.05, 3.63) is 131 Å². The fourth-order valence-electron chi connectivity index (χ4n) is 4.47. The Morgan fingerprint density at radius 3 is 1.92 bits per heavy atom. The van der Waals surface area contributed by atoms with Gasteiger partial charge in [-0.2, -0.15) is 5.26 Å². The molecule has 1 aliphatic heterocycles. The molecule has 2 N–H and O–H groups in total. The lowest BCUT2D eigenvalue weighted by Gasteiger charge is -2.28. The number of nitrogens with zero attached hydrogens (tertiary/aromatic N) is 2. The summed E-state index contributed by atoms with van der Waals surface area (Å²) in [6, 6.07) is 33.9. The molecule has 0 aromatic heterocycles. The predicted octanol–water partition coefficient (Wildman–Crippen LogP) is 6.13. The quantitative estimate of drug-likeness (QED) is 0.312. The number of allylic oxidation sites excluding steroid dienone is 1. The number of benzene rings is 4. The molecular weight excluding hydrogens is 474 g/mol. The Morgan fingerprint density at radius 1 is 0.816 bits per heavy atom. The van der Waals surface area contributed by atoms with E-state index in [9.17, 15) is 5.26 Å². The standard InChI is InChI=1S/C32H29N3O3/c1-35(2)25-13-14-28-30(17-25)38-32(34)29(19-33)31(28)24-15-26(36-20-22-9-5-3-6-10-22)18-27(16-24)37-21-23-11-7-4-8-12-23/h3-18,31H,20-21,34H2,1-2H3. The van der Waals surface area contributed by atoms with Gasteiger partial charge in [-0.25, -0.2) is 0 Å². The number of fused-ring (bicyclic) bond motifs is 1. The first-order valence-corrected chi connectivity index (χ1v) is 12.4. The van der Waals surface area contributed by atoms with Crippen molar-refractivity contribution < 1.29 is 14.2 Å². The maximum atomic E-state index is 10.1. The Bertz CT molecular complexity index is 1430. The molecule has 1 unspecified atom stereocenters. The van der Waals surface area contributed by atoms with Crippen LogP contribution in [0.4, 0.5) is 5.69 Å². The van der Waals surface area contributed by atoms with Crippen LogP contribution in [-0.4, -0.2) is 14.1 Å². The molecule has 0 amide bonds. The molecule has 1 aliphatic rings. The van der Waals surface area contributed by atoms with E-state index in [0.717, 1.165) is 27.9 Å². The van der Waals surface area contributed by atoms with Crippen LogP contribution in [0.2, 0.25) is 0 Å². The van der Waals surface area contributed by atoms with Gasteiger partial charge >= 0.3 is 0 Å². The summed E-state index contributed by atoms with van der Waals surface area (Å²) in [6.07, 6.45) is 0. The maximum absolute atomic E-state index is 10.1. The smallest absolute Gasteiger partial charge is 0.205 e. The summed E-state index contributed by atoms with van der Waals surface area (Å²) >= 11 is 0. The Kier molecular flexibility index (Phi) is 7.19. The summed E-state index contributed by atoms with van der Waals surface area (Å²) in [5.41, 5.74) is 11.4. The molecule has 0 aliphatic carbocycles. The maximum Gasteiger partial charge on any atom is 0.205 e. The van der Waals surface area contributed by atoms with E-state index in [1.165, 1.54) is 0 Å². The lowest BCUT2D eigenvalue weighted by atomic mass is 9.83. The minimum atomic E-state index is -0.431. The van der Waals surface area contributed by atoms with Crippen LogP contribution >= 0.6 is 0 Å². The molecule has 4 aromatic carbocycles. The Balaban J connectivity index is 1.55. The minimum absolute atomic E-state index is 0.100. The highest BCUT2D eigenvalue weighted by molar-refractivity contribution is 5.62. The van der Waals surface area contributed by atoms with E-state index in [-0.39, 0.29) is 5.88 Å². The first kappa shape index (κ1) is 24.8. The molecule has 6 heteroatoms. The number of ether oxygens (including phenoxy) is 3. The normalized spacial score (nSPS) is 14.2. The molecule has 38 heavy (non-hydrogen) atoms. The predicted molar refractivity (Wildman–Crippen MR) is 148 cm³/mol. The van der Waals surface area contributed by atoms with Crippen LogP contribution in [0.3, 0.4) is 0 Å². The van der Waals surface area contributed by atoms with Gasteiger partial charge in [0, 0.05) is 37.5 Å². The SMILES string of the molecule is CN(C)c1ccc2c(c1)OC(N)=C(C#N)C2c1cc(OCc2ccccc2)cc(OCc2ccccc2)c1. The lowest BCUT2D eigenvalue weighted by Crippen LogP contribution is -2.21. The second kappa shape index (κ2) is 11.0. The van der Waals surface area contributed by atoms with E-state index >= 15 is 0 Å². The van der Waals surface area contributed by atoms with Crippen LogP contribution < -0.4 is 24.8 Å². The van der Waals surface area contributed by atoms with E-state index < -0.39 is 5.92 Å². The highest BCUT2D eigenvalue weighted by atomic mass is 16.5. The summed E-state index contributed by atoms with van der Waals surface area (Å²) in [4.78, 5) is 1.99. The zero-order valence-corrected chi connectivity index (χ0v) is 21.4. The van der Waals surface area contributed by atoms with Crippen molar-refractivity contribution in [1.82, 2.24) is 0 Å². The zero-order valence-electron chi connectivity index (χ0n) is 21.4. The fourth-order valence-corrected chi connectivity index (χ4v) is 4.47. The Labute approximate surface area is 223 Å². The molecule has 0 saturated heterocycles. The van der Waals surface area contributed by atoms with Crippen molar-refractivity contribution in [2.45, 2.75) is 19.1 Å². The van der Waals surface area contributed by atoms with Gasteiger partial charge in [-0.3, -0.25) is 0 Å². The Hall–Kier alpha value is -4.89. The number of hydrogen-bond acceptors (Lipinski definition) is 6. The molecule has 0 spiro atoms. The fraction of sp³-hybridized carbons (Fsp3) is 0.156. The third-order valence-corrected chi connectivity index (χ3v) is 6.45. The number of nitriles is 1. The Morgan fingerprint density at radius 2 is 1.39 bits per heavy atom. The summed E-state index contributed by atoms with van der Waals surface area (Å²) in [5.74, 6) is 1.58. The average molecular weight is 504 g/mol. The van der Waals surface area contributed by atoms with E-state index in [2.05, 4.69) is 6.07 Å². The molecule has 0 bridgehead atoms. The third-order valence-electron chi connectivity index (χ3n) is 6.45. The van der Waals surface area contributed by atoms with Gasteiger partial charge < -0.3 is 24.8 Å². The van der Waals surface area contributed by atoms with Gasteiger partial charge in [0.15, 0.2) is 0 Å². The van der Waals surface area contributed by atoms with E-state index in [1.54, 1.807) is 0 Å². The van der Waals surface area contributed by atoms with Crippen LogP contribution in [0.1, 0.15) is 28.2 Å². The molecule has 190 valence electrons. The second-order valence-electron chi connectivity index (χ2n) is 9.33. The van der Waals surface area contributed by atoms with Crippen molar-refractivity contribution >= 4 is 5.69 Å². The molecule has 0 radical (unpaired) electrons. The number of hydrogen-bond donors (Lipinski definition) is 1. The van der Waals surface area contributed by atoms with Crippen molar-refractivity contribution in [1.29, 1.82) is 5.26 Å². The second-order valence-corrected chi connectivity index (χ2v) is 9.33. The van der Waals surface area contributed by atoms with Crippen LogP contribution in [0.5, 0.6) is 17.2 Å². The number of nitrogens with two attached hydrogens (primary N) is 1. The first-order chi connectivity index (χ1) is 18.5. The third kappa shape index (κ3) is 5.42. The molecule has 6 nitrogen and oxygen atoms in total. The molecule has 4 aromatic rings. The van der Waals surface area contributed by atoms with Gasteiger partial charge in [-0.1, -0.05) is 66.7 Å². The molecule has 5 rings (SSSR count). The van der Waals surface area contributed by atoms with Gasteiger partial charge in [0.25, 0.3) is 0 Å². The summed E-state index contributed by atoms with van der Waals surface area (Å²) < 4.78 is 18.3. The molecule has 1 heterocycles. The van der Waals surface area contributed by atoms with Crippen LogP contribution in [0.15, 0.2) is 109 Å². The zero-order chi connectivity index (χ0) is 26.5. The molecule has 0 fully saturated rings. The molecule has 1 atom stereocenters. The van der Waals surface area contributed by atoms with E-state index in [0.29, 0.717) is 36.0 Å². The van der Waals surface area contributed by atoms with E-state index in [4.69, 9.17) is 19.9 Å². The summed E-state index contributed by atoms with van der Waals surface area (Å²) in [6.45, 7) is 0.810. The number of anilines is 1. The first-order valence-electron chi connectivity index (χ1n) is 12.4. The monoisotopic (exact) mass is 503 g/mol. The summed E-state index contributed by atoms with van der Waals surface area (Å²) in [5, 5.41) is 10.1. The van der Waals surface area contributed by atoms with Crippen LogP contribution in [0.25, 0.3) is 0 Å². The van der Waals surface area contributed by atoms with Gasteiger partial charge in [0.05, 0.1) is 5.92 Å². The van der Waals surface area contributed by atoms with Gasteiger partial charge in [0.2, 0.25) is 5.88 Å². The summed E-state index contributed by atoms with van der Waals surface area (Å²) in [7, 11) is 3.93. The van der Waals surface area contributed by atoms with Crippen LogP contribution in [0, 0.1) is 11.3 Å². The number of rotatable bonds is 8. The highest BCUT2D eigenvalue weighted by Crippen LogP contribution is 2.45. The minimum Gasteiger partial charge on any atom is -0.489 e. The van der Waals surface area contributed by atoms with Gasteiger partial charge in [-0.15, -0.1) is 0 Å². The van der Waals surface area contributed by atoms with Gasteiger partial charge in [0.1, 0.15) is 42.1 Å². The molecular formula is C32H29N3O3. The van der Waals surface area contributed by atoms with Crippen molar-refractivity contribution in [2.24, 2.45) is 5.73 Å². The topological polar surface area (TPSA) is 80.7 Å². The van der Waals surface area contributed by atoms with E-state index in [1.807, 2.05) is 116 Å². The van der Waals surface area contributed by atoms with Crippen LogP contribution in [-0.2, 0) is 13.2 Å². The lowest BCUT2D eigenvalue weighted by molar-refractivity contribution is 0.289. The average Bonchev–Trinajstić information content (AvgIpc) is 2.95. The van der Waals surface area contributed by atoms with Crippen molar-refractivity contribution in [2.75, 3.05) is 19.0 Å². The molecule has 0 saturated carbocycles. The largest absolute Gasteiger partial charge is 0.489 e. The van der Waals surface area contributed by atoms with Gasteiger partial charge in [-0.05, 0) is 34.9 Å².